The summed E-state index contributed by atoms with van der Waals surface area (Å²) >= 11 is 12.2. The van der Waals surface area contributed by atoms with Crippen molar-refractivity contribution in [1.82, 2.24) is 9.96 Å². The topological polar surface area (TPSA) is 76.2 Å². The Bertz CT molecular complexity index is 935. The molecule has 1 fully saturated rings. The zero-order valence-corrected chi connectivity index (χ0v) is 16.7. The number of rotatable bonds is 4. The van der Waals surface area contributed by atoms with Crippen LogP contribution in [0.5, 0.6) is 0 Å². The van der Waals surface area contributed by atoms with E-state index in [0.717, 1.165) is 0 Å². The molecule has 1 saturated heterocycles. The molecule has 0 N–H and O–H groups in total. The Kier molecular flexibility index (Phi) is 5.56. The maximum atomic E-state index is 13.1. The molecule has 0 spiro atoms. The van der Waals surface area contributed by atoms with Gasteiger partial charge in [-0.3, -0.25) is 14.5 Å². The lowest BCUT2D eigenvalue weighted by molar-refractivity contribution is -0.177. The summed E-state index contributed by atoms with van der Waals surface area (Å²) < 4.78 is 5.36. The minimum Gasteiger partial charge on any atom is -0.379 e. The second kappa shape index (κ2) is 8.12. The molecule has 0 aliphatic carbocycles. The molecule has 150 valence electrons. The third-order valence-corrected chi connectivity index (χ3v) is 5.21. The SMILES string of the molecule is O=C(ON1C(=O)c2ccccc2C1=O)C(c1cc(Cl)cc(Cl)c1)N1CCOCC1. The summed E-state index contributed by atoms with van der Waals surface area (Å²) in [5.41, 5.74) is 0.893. The van der Waals surface area contributed by atoms with Crippen molar-refractivity contribution < 1.29 is 24.0 Å². The predicted octanol–water partition coefficient (Wildman–Crippen LogP) is 3.12. The first kappa shape index (κ1) is 19.8. The fourth-order valence-corrected chi connectivity index (χ4v) is 4.00. The van der Waals surface area contributed by atoms with E-state index >= 15 is 0 Å². The van der Waals surface area contributed by atoms with Crippen LogP contribution in [0.2, 0.25) is 10.0 Å². The number of amides is 2. The van der Waals surface area contributed by atoms with Crippen molar-refractivity contribution in [3.63, 3.8) is 0 Å². The number of morpholine rings is 1. The molecule has 7 nitrogen and oxygen atoms in total. The fourth-order valence-electron chi connectivity index (χ4n) is 3.45. The summed E-state index contributed by atoms with van der Waals surface area (Å²) in [5.74, 6) is -2.13. The van der Waals surface area contributed by atoms with Crippen LogP contribution in [0, 0.1) is 0 Å². The van der Waals surface area contributed by atoms with E-state index in [9.17, 15) is 14.4 Å². The molecule has 4 rings (SSSR count). The largest absolute Gasteiger partial charge is 0.379 e. The fraction of sp³-hybridized carbons (Fsp3) is 0.250. The van der Waals surface area contributed by atoms with Gasteiger partial charge in [0.05, 0.1) is 24.3 Å². The maximum Gasteiger partial charge on any atom is 0.354 e. The summed E-state index contributed by atoms with van der Waals surface area (Å²) in [4.78, 5) is 45.3. The lowest BCUT2D eigenvalue weighted by Gasteiger charge is -2.33. The van der Waals surface area contributed by atoms with Crippen molar-refractivity contribution in [3.8, 4) is 0 Å². The van der Waals surface area contributed by atoms with Gasteiger partial charge in [-0.15, -0.1) is 0 Å². The summed E-state index contributed by atoms with van der Waals surface area (Å²) in [7, 11) is 0. The smallest absolute Gasteiger partial charge is 0.354 e. The molecule has 1 atom stereocenters. The predicted molar refractivity (Wildman–Crippen MR) is 105 cm³/mol. The van der Waals surface area contributed by atoms with Crippen molar-refractivity contribution in [3.05, 3.63) is 69.2 Å². The average molecular weight is 435 g/mol. The zero-order valence-electron chi connectivity index (χ0n) is 15.1. The van der Waals surface area contributed by atoms with Crippen LogP contribution in [0.3, 0.4) is 0 Å². The molecule has 2 heterocycles. The normalized spacial score (nSPS) is 17.9. The summed E-state index contributed by atoms with van der Waals surface area (Å²) in [6.45, 7) is 1.80. The number of hydroxylamine groups is 2. The van der Waals surface area contributed by atoms with Crippen LogP contribution in [0.25, 0.3) is 0 Å². The molecule has 2 aliphatic heterocycles. The molecular weight excluding hydrogens is 419 g/mol. The van der Waals surface area contributed by atoms with Gasteiger partial charge in [-0.05, 0) is 35.9 Å². The minimum absolute atomic E-state index is 0.194. The lowest BCUT2D eigenvalue weighted by Crippen LogP contribution is -2.45. The van der Waals surface area contributed by atoms with Crippen LogP contribution in [-0.2, 0) is 14.4 Å². The molecule has 1 unspecified atom stereocenters. The van der Waals surface area contributed by atoms with Gasteiger partial charge in [0, 0.05) is 23.1 Å². The Morgan fingerprint density at radius 2 is 1.52 bits per heavy atom. The van der Waals surface area contributed by atoms with Crippen LogP contribution < -0.4 is 0 Å². The molecular formula is C20H16Cl2N2O5. The highest BCUT2D eigenvalue weighted by Crippen LogP contribution is 2.30. The van der Waals surface area contributed by atoms with Gasteiger partial charge < -0.3 is 9.57 Å². The molecule has 0 aromatic heterocycles. The highest BCUT2D eigenvalue weighted by atomic mass is 35.5. The Labute approximate surface area is 176 Å². The number of imide groups is 1. The number of halogens is 2. The van der Waals surface area contributed by atoms with Crippen LogP contribution in [-0.4, -0.2) is 54.1 Å². The van der Waals surface area contributed by atoms with Gasteiger partial charge in [0.2, 0.25) is 0 Å². The summed E-state index contributed by atoms with van der Waals surface area (Å²) in [5, 5.41) is 1.23. The third kappa shape index (κ3) is 3.86. The van der Waals surface area contributed by atoms with Crippen molar-refractivity contribution in [1.29, 1.82) is 0 Å². The van der Waals surface area contributed by atoms with Gasteiger partial charge in [-0.1, -0.05) is 40.4 Å². The maximum absolute atomic E-state index is 13.1. The standard InChI is InChI=1S/C20H16Cl2N2O5/c21-13-9-12(10-14(22)11-13)17(23-5-7-28-8-6-23)20(27)29-24-18(25)15-3-1-2-4-16(15)19(24)26/h1-4,9-11,17H,5-8H2. The van der Waals surface area contributed by atoms with Gasteiger partial charge in [0.15, 0.2) is 0 Å². The van der Waals surface area contributed by atoms with Gasteiger partial charge >= 0.3 is 5.97 Å². The number of hydrogen-bond acceptors (Lipinski definition) is 6. The molecule has 0 saturated carbocycles. The first-order valence-corrected chi connectivity index (χ1v) is 9.68. The Balaban J connectivity index is 1.64. The van der Waals surface area contributed by atoms with Crippen molar-refractivity contribution in [2.75, 3.05) is 26.3 Å². The molecule has 2 aromatic rings. The van der Waals surface area contributed by atoms with Gasteiger partial charge in [0.1, 0.15) is 6.04 Å². The summed E-state index contributed by atoms with van der Waals surface area (Å²) in [6, 6.07) is 10.2. The lowest BCUT2D eigenvalue weighted by atomic mass is 10.0. The van der Waals surface area contributed by atoms with Gasteiger partial charge in [-0.25, -0.2) is 4.79 Å². The molecule has 2 amide bonds. The zero-order chi connectivity index (χ0) is 20.5. The highest BCUT2D eigenvalue weighted by molar-refractivity contribution is 6.34. The minimum atomic E-state index is -0.903. The average Bonchev–Trinajstić information content (AvgIpc) is 2.93. The number of hydrogen-bond donors (Lipinski definition) is 0. The van der Waals surface area contributed by atoms with E-state index < -0.39 is 23.8 Å². The van der Waals surface area contributed by atoms with E-state index in [2.05, 4.69) is 0 Å². The number of fused-ring (bicyclic) bond motifs is 1. The highest BCUT2D eigenvalue weighted by Gasteiger charge is 2.41. The van der Waals surface area contributed by atoms with E-state index in [-0.39, 0.29) is 11.1 Å². The number of carbonyl (C=O) groups is 3. The molecule has 0 bridgehead atoms. The van der Waals surface area contributed by atoms with Crippen molar-refractivity contribution in [2.24, 2.45) is 0 Å². The van der Waals surface area contributed by atoms with Crippen LogP contribution in [0.15, 0.2) is 42.5 Å². The van der Waals surface area contributed by atoms with Gasteiger partial charge in [-0.2, -0.15) is 0 Å². The Hall–Kier alpha value is -2.45. The molecule has 2 aromatic carbocycles. The van der Waals surface area contributed by atoms with E-state index in [1.165, 1.54) is 12.1 Å². The molecule has 29 heavy (non-hydrogen) atoms. The number of carbonyl (C=O) groups excluding carboxylic acids is 3. The van der Waals surface area contributed by atoms with Crippen LogP contribution >= 0.6 is 23.2 Å². The molecule has 2 aliphatic rings. The third-order valence-electron chi connectivity index (χ3n) is 4.77. The van der Waals surface area contributed by atoms with Crippen molar-refractivity contribution in [2.45, 2.75) is 6.04 Å². The second-order valence-electron chi connectivity index (χ2n) is 6.61. The quantitative estimate of drug-likeness (QED) is 0.688. The van der Waals surface area contributed by atoms with E-state index in [4.69, 9.17) is 32.8 Å². The second-order valence-corrected chi connectivity index (χ2v) is 7.49. The number of ether oxygens (including phenoxy) is 1. The first-order chi connectivity index (χ1) is 14.0. The Morgan fingerprint density at radius 3 is 2.07 bits per heavy atom. The first-order valence-electron chi connectivity index (χ1n) is 8.93. The number of nitrogens with zero attached hydrogens (tertiary/aromatic N) is 2. The van der Waals surface area contributed by atoms with Gasteiger partial charge in [0.25, 0.3) is 11.8 Å². The monoisotopic (exact) mass is 434 g/mol. The van der Waals surface area contributed by atoms with Crippen LogP contribution in [0.4, 0.5) is 0 Å². The van der Waals surface area contributed by atoms with E-state index in [1.807, 2.05) is 4.90 Å². The van der Waals surface area contributed by atoms with Crippen molar-refractivity contribution >= 4 is 41.0 Å². The molecule has 0 radical (unpaired) electrons. The van der Waals surface area contributed by atoms with E-state index in [1.54, 1.807) is 30.3 Å². The molecule has 9 heteroatoms. The Morgan fingerprint density at radius 1 is 0.966 bits per heavy atom. The van der Waals surface area contributed by atoms with Crippen LogP contribution in [0.1, 0.15) is 32.3 Å². The number of benzene rings is 2. The summed E-state index contributed by atoms with van der Waals surface area (Å²) in [6.07, 6.45) is 0. The van der Waals surface area contributed by atoms with E-state index in [0.29, 0.717) is 47.0 Å².